The van der Waals surface area contributed by atoms with Crippen molar-refractivity contribution in [1.29, 1.82) is 0 Å². The lowest BCUT2D eigenvalue weighted by molar-refractivity contribution is 0.0737. The minimum Gasteiger partial charge on any atom is -0.384 e. The summed E-state index contributed by atoms with van der Waals surface area (Å²) in [5.74, 6) is -1.72. The van der Waals surface area contributed by atoms with Crippen molar-refractivity contribution >= 4 is 28.8 Å². The van der Waals surface area contributed by atoms with Gasteiger partial charge in [0.25, 0.3) is 0 Å². The van der Waals surface area contributed by atoms with Gasteiger partial charge in [0.1, 0.15) is 22.9 Å². The Morgan fingerprint density at radius 1 is 1.06 bits per heavy atom. The summed E-state index contributed by atoms with van der Waals surface area (Å²) in [6, 6.07) is 13.1. The lowest BCUT2D eigenvalue weighted by Gasteiger charge is -2.13. The fourth-order valence-corrected chi connectivity index (χ4v) is 3.60. The van der Waals surface area contributed by atoms with Crippen LogP contribution in [0.25, 0.3) is 5.69 Å². The van der Waals surface area contributed by atoms with Crippen molar-refractivity contribution in [1.82, 2.24) is 15.0 Å². The third-order valence-electron chi connectivity index (χ3n) is 5.27. The van der Waals surface area contributed by atoms with Gasteiger partial charge in [0, 0.05) is 22.9 Å². The fraction of sp³-hybridized carbons (Fsp3) is 0.160. The van der Waals surface area contributed by atoms with Crippen LogP contribution in [-0.4, -0.2) is 25.9 Å². The molecule has 34 heavy (non-hydrogen) atoms. The molecule has 4 aromatic rings. The maximum atomic E-state index is 13.9. The summed E-state index contributed by atoms with van der Waals surface area (Å²) in [5, 5.41) is 21.2. The molecule has 3 aromatic carbocycles. The predicted molar refractivity (Wildman–Crippen MR) is 126 cm³/mol. The quantitative estimate of drug-likeness (QED) is 0.344. The molecule has 0 amide bonds. The van der Waals surface area contributed by atoms with Crippen LogP contribution in [0, 0.1) is 18.6 Å². The second-order valence-electron chi connectivity index (χ2n) is 8.38. The zero-order chi connectivity index (χ0) is 24.6. The molecule has 0 fully saturated rings. The summed E-state index contributed by atoms with van der Waals surface area (Å²) < 4.78 is 28.6. The Hall–Kier alpha value is -3.62. The van der Waals surface area contributed by atoms with Gasteiger partial charge in [-0.15, -0.1) is 5.10 Å². The van der Waals surface area contributed by atoms with Crippen LogP contribution < -0.4 is 5.32 Å². The third-order valence-corrected chi connectivity index (χ3v) is 5.59. The third kappa shape index (κ3) is 4.83. The second kappa shape index (κ2) is 8.96. The number of nitrogens with one attached hydrogen (secondary N) is 1. The van der Waals surface area contributed by atoms with Gasteiger partial charge in [-0.3, -0.25) is 4.79 Å². The number of halogens is 3. The number of aliphatic hydroxyl groups is 1. The molecule has 0 atom stereocenters. The number of ketones is 1. The summed E-state index contributed by atoms with van der Waals surface area (Å²) in [7, 11) is 0. The average Bonchev–Trinajstić information content (AvgIpc) is 3.27. The van der Waals surface area contributed by atoms with Crippen LogP contribution in [0.5, 0.6) is 0 Å². The standard InChI is InChI=1S/C25H21ClF2N4O2/c1-14-4-7-17(32-13-23(30-31-32)25(2,3)34)12-19(14)24(33)18-8-6-16(11-20(18)26)29-22-9-5-15(27)10-21(22)28/h4-13,29,34H,1-3H3. The van der Waals surface area contributed by atoms with E-state index in [-0.39, 0.29) is 22.1 Å². The molecule has 0 unspecified atom stereocenters. The van der Waals surface area contributed by atoms with Crippen molar-refractivity contribution in [3.63, 3.8) is 0 Å². The number of aromatic nitrogens is 3. The van der Waals surface area contributed by atoms with Crippen molar-refractivity contribution < 1.29 is 18.7 Å². The maximum absolute atomic E-state index is 13.9. The first-order valence-electron chi connectivity index (χ1n) is 10.4. The topological polar surface area (TPSA) is 80.0 Å². The van der Waals surface area contributed by atoms with E-state index in [9.17, 15) is 18.7 Å². The number of nitrogens with zero attached hydrogens (tertiary/aromatic N) is 3. The minimum atomic E-state index is -1.15. The second-order valence-corrected chi connectivity index (χ2v) is 8.79. The molecule has 0 saturated carbocycles. The van der Waals surface area contributed by atoms with Crippen LogP contribution in [0.15, 0.2) is 60.8 Å². The van der Waals surface area contributed by atoms with Gasteiger partial charge < -0.3 is 10.4 Å². The Labute approximate surface area is 199 Å². The number of benzene rings is 3. The summed E-state index contributed by atoms with van der Waals surface area (Å²) in [6.07, 6.45) is 1.60. The number of rotatable bonds is 6. The van der Waals surface area contributed by atoms with Crippen LogP contribution >= 0.6 is 11.6 Å². The highest BCUT2D eigenvalue weighted by molar-refractivity contribution is 6.35. The molecule has 0 aliphatic carbocycles. The first-order valence-corrected chi connectivity index (χ1v) is 10.7. The van der Waals surface area contributed by atoms with E-state index >= 15 is 0 Å². The van der Waals surface area contributed by atoms with Gasteiger partial charge in [-0.2, -0.15) is 0 Å². The molecule has 0 aliphatic rings. The molecule has 174 valence electrons. The van der Waals surface area contributed by atoms with Crippen LogP contribution in [0.1, 0.15) is 41.0 Å². The Balaban J connectivity index is 1.62. The normalized spacial score (nSPS) is 11.5. The Kier molecular flexibility index (Phi) is 6.20. The van der Waals surface area contributed by atoms with Crippen molar-refractivity contribution in [2.45, 2.75) is 26.4 Å². The number of carbonyl (C=O) groups is 1. The zero-order valence-electron chi connectivity index (χ0n) is 18.6. The van der Waals surface area contributed by atoms with Crippen molar-refractivity contribution in [2.75, 3.05) is 5.32 Å². The largest absolute Gasteiger partial charge is 0.384 e. The lowest BCUT2D eigenvalue weighted by Crippen LogP contribution is -2.15. The first kappa shape index (κ1) is 23.5. The van der Waals surface area contributed by atoms with Crippen LogP contribution in [0.2, 0.25) is 5.02 Å². The molecular weight excluding hydrogens is 462 g/mol. The number of hydrogen-bond donors (Lipinski definition) is 2. The van der Waals surface area contributed by atoms with E-state index in [1.165, 1.54) is 16.8 Å². The molecule has 1 heterocycles. The molecule has 1 aromatic heterocycles. The van der Waals surface area contributed by atoms with E-state index < -0.39 is 17.2 Å². The average molecular weight is 483 g/mol. The van der Waals surface area contributed by atoms with Crippen LogP contribution in [0.3, 0.4) is 0 Å². The molecule has 9 heteroatoms. The van der Waals surface area contributed by atoms with Gasteiger partial charge in [0.15, 0.2) is 5.78 Å². The molecule has 6 nitrogen and oxygen atoms in total. The summed E-state index contributed by atoms with van der Waals surface area (Å²) in [5.41, 5.74) is 1.79. The van der Waals surface area contributed by atoms with Gasteiger partial charge in [0.2, 0.25) is 0 Å². The number of carbonyl (C=O) groups excluding carboxylic acids is 1. The Morgan fingerprint density at radius 2 is 1.82 bits per heavy atom. The summed E-state index contributed by atoms with van der Waals surface area (Å²) in [6.45, 7) is 5.02. The van der Waals surface area contributed by atoms with E-state index in [0.29, 0.717) is 22.6 Å². The van der Waals surface area contributed by atoms with Gasteiger partial charge in [0.05, 0.1) is 22.6 Å². The smallest absolute Gasteiger partial charge is 0.194 e. The highest BCUT2D eigenvalue weighted by atomic mass is 35.5. The van der Waals surface area contributed by atoms with E-state index in [2.05, 4.69) is 15.6 Å². The molecule has 0 aliphatic heterocycles. The molecule has 2 N–H and O–H groups in total. The summed E-state index contributed by atoms with van der Waals surface area (Å²) in [4.78, 5) is 13.3. The molecule has 0 saturated heterocycles. The van der Waals surface area contributed by atoms with Crippen molar-refractivity contribution in [3.05, 3.63) is 99.8 Å². The van der Waals surface area contributed by atoms with Gasteiger partial charge in [-0.25, -0.2) is 13.5 Å². The highest BCUT2D eigenvalue weighted by Gasteiger charge is 2.21. The van der Waals surface area contributed by atoms with Crippen LogP contribution in [0.4, 0.5) is 20.2 Å². The number of anilines is 2. The summed E-state index contributed by atoms with van der Waals surface area (Å²) >= 11 is 6.40. The van der Waals surface area contributed by atoms with E-state index in [1.54, 1.807) is 50.4 Å². The molecule has 4 rings (SSSR count). The molecular formula is C25H21ClF2N4O2. The van der Waals surface area contributed by atoms with Crippen LogP contribution in [-0.2, 0) is 5.60 Å². The minimum absolute atomic E-state index is 0.0818. The van der Waals surface area contributed by atoms with E-state index in [4.69, 9.17) is 11.6 Å². The van der Waals surface area contributed by atoms with Gasteiger partial charge in [-0.1, -0.05) is 22.9 Å². The van der Waals surface area contributed by atoms with E-state index in [0.717, 1.165) is 17.7 Å². The Morgan fingerprint density at radius 3 is 2.47 bits per heavy atom. The number of aryl methyl sites for hydroxylation is 1. The predicted octanol–water partition coefficient (Wildman–Crippen LogP) is 5.71. The van der Waals surface area contributed by atoms with Gasteiger partial charge in [-0.05, 0) is 68.8 Å². The lowest BCUT2D eigenvalue weighted by atomic mass is 9.98. The first-order chi connectivity index (χ1) is 16.0. The number of hydrogen-bond acceptors (Lipinski definition) is 5. The van der Waals surface area contributed by atoms with Crippen molar-refractivity contribution in [2.24, 2.45) is 0 Å². The Bertz CT molecular complexity index is 1400. The maximum Gasteiger partial charge on any atom is 0.194 e. The van der Waals surface area contributed by atoms with Crippen molar-refractivity contribution in [3.8, 4) is 5.69 Å². The van der Waals surface area contributed by atoms with Gasteiger partial charge >= 0.3 is 0 Å². The molecule has 0 bridgehead atoms. The molecule has 0 radical (unpaired) electrons. The van der Waals surface area contributed by atoms with E-state index in [1.807, 2.05) is 6.92 Å². The monoisotopic (exact) mass is 482 g/mol. The SMILES string of the molecule is Cc1ccc(-n2cc(C(C)(C)O)nn2)cc1C(=O)c1ccc(Nc2ccc(F)cc2F)cc1Cl. The molecule has 0 spiro atoms. The zero-order valence-corrected chi connectivity index (χ0v) is 19.4. The fourth-order valence-electron chi connectivity index (χ4n) is 3.34. The highest BCUT2D eigenvalue weighted by Crippen LogP contribution is 2.28.